The van der Waals surface area contributed by atoms with Crippen molar-refractivity contribution in [3.05, 3.63) is 105 Å². The van der Waals surface area contributed by atoms with Crippen LogP contribution in [0.2, 0.25) is 0 Å². The molecule has 9 saturated heterocycles. The number of hydrogen-bond acceptors (Lipinski definition) is 24. The van der Waals surface area contributed by atoms with Crippen molar-refractivity contribution >= 4 is 137 Å². The Hall–Kier alpha value is -7.59. The number of anilines is 3. The number of halogens is 3. The number of amides is 6. The molecule has 16 rings (SSSR count). The first kappa shape index (κ1) is 85.8. The van der Waals surface area contributed by atoms with Gasteiger partial charge in [-0.15, -0.1) is 68.8 Å². The first-order valence-electron chi connectivity index (χ1n) is 40.9. The number of piperazine rings is 3. The second kappa shape index (κ2) is 38.0. The zero-order valence-corrected chi connectivity index (χ0v) is 72.3. The van der Waals surface area contributed by atoms with Gasteiger partial charge in [-0.2, -0.15) is 0 Å². The zero-order chi connectivity index (χ0) is 82.6. The number of ether oxygens (including phenoxy) is 3. The Labute approximate surface area is 710 Å². The highest BCUT2D eigenvalue weighted by Crippen LogP contribution is 2.39. The maximum Gasteiger partial charge on any atom is 0.251 e. The normalized spacial score (nSPS) is 25.2. The fourth-order valence-corrected chi connectivity index (χ4v) is 21.1. The summed E-state index contributed by atoms with van der Waals surface area (Å²) in [5.41, 5.74) is 6.94. The van der Waals surface area contributed by atoms with Crippen molar-refractivity contribution in [1.82, 2.24) is 60.3 Å². The maximum absolute atomic E-state index is 13.9. The number of nitrogens with zero attached hydrogens (tertiary/aromatic N) is 12. The topological polar surface area (TPSA) is 285 Å². The number of fused-ring (bicyclic) bond motifs is 3. The highest BCUT2D eigenvalue weighted by atomic mass is 35.5. The van der Waals surface area contributed by atoms with Crippen molar-refractivity contribution in [3.63, 3.8) is 0 Å². The SMILES string of the molecule is CC(C)CC(NC(=O)c1ccc(-c2csc(N3CCN(C)CC3)n2)cc1)C(=O)N1CC(Cl)C2OCC(=O)C21.CN1CCN(c2nc(-c3ccc(C(=O)NC(C(=O)N4CC(Cl)C5OCC(=O)C54)C4CCCCC4)cc3)cs2)CC1.Cc1sc(N2CCN(C)CC2)nc1-c1ccc(C(=O)NC(CC(C)C)C(=O)N2CC(Cl)C3OCC(=O)C32)cc1. The molecule has 0 bridgehead atoms. The number of carbonyl (C=O) groups excluding carboxylic acids is 9. The average molecular weight is 1720 g/mol. The summed E-state index contributed by atoms with van der Waals surface area (Å²) in [6.45, 7) is 22.6. The van der Waals surface area contributed by atoms with Gasteiger partial charge < -0.3 is 74.3 Å². The lowest BCUT2D eigenvalue weighted by atomic mass is 9.83. The molecule has 12 unspecified atom stereocenters. The molecule has 0 spiro atoms. The molecule has 6 amide bonds. The van der Waals surface area contributed by atoms with Crippen LogP contribution in [0.5, 0.6) is 0 Å². The van der Waals surface area contributed by atoms with Crippen LogP contribution in [0.1, 0.15) is 109 Å². The second-order valence-corrected chi connectivity index (χ2v) is 37.8. The summed E-state index contributed by atoms with van der Waals surface area (Å²) in [5.74, 6) is -1.84. The minimum absolute atomic E-state index is 0.0228. The third-order valence-electron chi connectivity index (χ3n) is 23.9. The number of likely N-dealkylation sites (N-methyl/N-ethyl adjacent to an activating group) is 3. The van der Waals surface area contributed by atoms with Crippen LogP contribution in [0, 0.1) is 24.7 Å². The van der Waals surface area contributed by atoms with Crippen molar-refractivity contribution in [2.75, 3.05) is 154 Å². The Morgan fingerprint density at radius 2 is 0.795 bits per heavy atom. The highest BCUT2D eigenvalue weighted by Gasteiger charge is 2.56. The smallest absolute Gasteiger partial charge is 0.251 e. The lowest BCUT2D eigenvalue weighted by Gasteiger charge is -2.34. The van der Waals surface area contributed by atoms with Gasteiger partial charge in [0.05, 0.1) is 33.2 Å². The zero-order valence-electron chi connectivity index (χ0n) is 67.5. The monoisotopic (exact) mass is 1720 g/mol. The third-order valence-corrected chi connectivity index (χ3v) is 27.9. The molecule has 10 fully saturated rings. The molecule has 3 aromatic carbocycles. The number of nitrogens with one attached hydrogen (secondary N) is 3. The molecule has 1 saturated carbocycles. The van der Waals surface area contributed by atoms with Gasteiger partial charge in [0.25, 0.3) is 17.7 Å². The fraction of sp³-hybridized carbons (Fsp3) is 0.571. The molecule has 12 heterocycles. The quantitative estimate of drug-likeness (QED) is 0.0605. The van der Waals surface area contributed by atoms with E-state index < -0.39 is 70.7 Å². The van der Waals surface area contributed by atoms with Crippen LogP contribution in [0.25, 0.3) is 33.8 Å². The summed E-state index contributed by atoms with van der Waals surface area (Å²) in [6, 6.07) is 17.8. The Morgan fingerprint density at radius 1 is 0.453 bits per heavy atom. The number of aryl methyl sites for hydroxylation is 1. The van der Waals surface area contributed by atoms with Crippen LogP contribution in [-0.4, -0.2) is 307 Å². The van der Waals surface area contributed by atoms with Gasteiger partial charge in [-0.25, -0.2) is 15.0 Å². The number of hydrogen-bond donors (Lipinski definition) is 3. The summed E-state index contributed by atoms with van der Waals surface area (Å²) >= 11 is 24.2. The molecule has 27 nitrogen and oxygen atoms in total. The van der Waals surface area contributed by atoms with E-state index in [-0.39, 0.29) is 110 Å². The van der Waals surface area contributed by atoms with E-state index in [2.05, 4.69) is 78.8 Å². The number of likely N-dealkylation sites (tertiary alicyclic amines) is 3. The number of rotatable bonds is 20. The molecule has 117 heavy (non-hydrogen) atoms. The molecular weight excluding hydrogens is 1610 g/mol. The number of thiazole rings is 3. The van der Waals surface area contributed by atoms with Crippen molar-refractivity contribution in [1.29, 1.82) is 0 Å². The second-order valence-electron chi connectivity index (χ2n) is 33.3. The van der Waals surface area contributed by atoms with E-state index in [4.69, 9.17) is 64.0 Å². The summed E-state index contributed by atoms with van der Waals surface area (Å²) in [4.78, 5) is 152. The van der Waals surface area contributed by atoms with Gasteiger partial charge in [-0.3, -0.25) is 43.2 Å². The van der Waals surface area contributed by atoms with E-state index in [1.165, 1.54) is 9.80 Å². The summed E-state index contributed by atoms with van der Waals surface area (Å²) in [5, 5.41) is 14.7. The number of aromatic nitrogens is 3. The van der Waals surface area contributed by atoms with E-state index in [1.807, 2.05) is 69.5 Å². The largest absolute Gasteiger partial charge is 0.366 e. The van der Waals surface area contributed by atoms with Crippen LogP contribution < -0.4 is 30.7 Å². The van der Waals surface area contributed by atoms with Gasteiger partial charge in [-0.1, -0.05) is 83.4 Å². The molecule has 1 aliphatic carbocycles. The van der Waals surface area contributed by atoms with Crippen LogP contribution in [0.15, 0.2) is 83.6 Å². The van der Waals surface area contributed by atoms with Crippen LogP contribution in [0.4, 0.5) is 15.4 Å². The van der Waals surface area contributed by atoms with Crippen LogP contribution >= 0.6 is 68.8 Å². The molecule has 9 aliphatic heterocycles. The first-order chi connectivity index (χ1) is 56.2. The van der Waals surface area contributed by atoms with Crippen LogP contribution in [-0.2, 0) is 43.0 Å². The molecule has 3 N–H and O–H groups in total. The number of benzene rings is 3. The lowest BCUT2D eigenvalue weighted by Crippen LogP contribution is -2.55. The van der Waals surface area contributed by atoms with Crippen LogP contribution in [0.3, 0.4) is 0 Å². The molecule has 3 aromatic heterocycles. The minimum Gasteiger partial charge on any atom is -0.366 e. The molecular formula is C84H106Cl3N15O12S3. The van der Waals surface area contributed by atoms with Crippen molar-refractivity contribution in [2.24, 2.45) is 17.8 Å². The predicted octanol–water partition coefficient (Wildman–Crippen LogP) is 8.32. The highest BCUT2D eigenvalue weighted by molar-refractivity contribution is 7.16. The number of alkyl halides is 3. The first-order valence-corrected chi connectivity index (χ1v) is 44.8. The molecule has 628 valence electrons. The summed E-state index contributed by atoms with van der Waals surface area (Å²) in [7, 11) is 6.40. The van der Waals surface area contributed by atoms with Gasteiger partial charge >= 0.3 is 0 Å². The van der Waals surface area contributed by atoms with E-state index >= 15 is 0 Å². The number of ketones is 3. The van der Waals surface area contributed by atoms with Gasteiger partial charge in [0.1, 0.15) is 74.4 Å². The maximum atomic E-state index is 13.9. The van der Waals surface area contributed by atoms with E-state index in [9.17, 15) is 43.2 Å². The molecule has 33 heteroatoms. The summed E-state index contributed by atoms with van der Waals surface area (Å²) < 4.78 is 16.6. The van der Waals surface area contributed by atoms with Gasteiger partial charge in [-0.05, 0) is 108 Å². The van der Waals surface area contributed by atoms with E-state index in [1.54, 1.807) is 75.3 Å². The van der Waals surface area contributed by atoms with Crippen molar-refractivity contribution in [3.8, 4) is 33.8 Å². The van der Waals surface area contributed by atoms with E-state index in [0.717, 1.165) is 165 Å². The Balaban J connectivity index is 0.000000145. The standard InChI is InChI=1S/C29H36ClN5O4S.C28H36ClN5O4S.C27H34ClN5O4S/c1-33-11-13-34(14-12-33)29-31-22(17-40-29)18-7-9-20(10-8-18)27(37)32-24(19-5-3-2-4-6-19)28(38)35-15-21(30)26-25(35)23(36)16-39-26;1-16(2)13-21(27(37)34-14-20(29)25-24(34)22(35)15-38-25)30-26(36)19-7-5-18(6-8-19)23-17(3)39-28(31-23)33-11-9-32(4)10-12-33;1-16(2)12-20(26(36)33-13-19(28)24-23(33)22(34)14-37-24)29-25(35)18-6-4-17(5-7-18)21-15-38-27(30-21)32-10-8-31(3)9-11-32/h7-10,17,19,21,24-26H,2-6,11-16H2,1H3,(H,32,37);5-8,16,20-21,24-25H,9-15H2,1-4H3,(H,30,36);4-7,15-16,19-20,23-24H,8-14H2,1-3H3,(H,29,35). The fourth-order valence-electron chi connectivity index (χ4n) is 17.2. The minimum atomic E-state index is -0.764. The molecule has 0 radical (unpaired) electrons. The van der Waals surface area contributed by atoms with Gasteiger partial charge in [0, 0.05) is 147 Å². The Kier molecular flexibility index (Phi) is 27.9. The Bertz CT molecular complexity index is 4540. The average Bonchev–Trinajstić information content (AvgIpc) is 1.63. The summed E-state index contributed by atoms with van der Waals surface area (Å²) in [6.07, 6.45) is 4.36. The molecule has 6 aromatic rings. The van der Waals surface area contributed by atoms with E-state index in [0.29, 0.717) is 29.5 Å². The van der Waals surface area contributed by atoms with Gasteiger partial charge in [0.15, 0.2) is 32.7 Å². The number of Topliss-reactive ketones (excluding diaryl/α,β-unsaturated/α-hetero) is 3. The molecule has 12 atom stereocenters. The van der Waals surface area contributed by atoms with Gasteiger partial charge in [0.2, 0.25) is 17.7 Å². The lowest BCUT2D eigenvalue weighted by molar-refractivity contribution is -0.139. The van der Waals surface area contributed by atoms with Crippen molar-refractivity contribution in [2.45, 2.75) is 150 Å². The Morgan fingerprint density at radius 3 is 1.16 bits per heavy atom. The third kappa shape index (κ3) is 19.7. The molecule has 10 aliphatic rings. The number of carbonyl (C=O) groups is 9. The predicted molar refractivity (Wildman–Crippen MR) is 455 cm³/mol. The van der Waals surface area contributed by atoms with Crippen molar-refractivity contribution < 1.29 is 57.4 Å².